The second-order valence-electron chi connectivity index (χ2n) is 7.05. The van der Waals surface area contributed by atoms with Gasteiger partial charge in [-0.05, 0) is 24.3 Å². The largest absolute Gasteiger partial charge is 0.492 e. The quantitative estimate of drug-likeness (QED) is 0.488. The SMILES string of the molecule is c1cn2c(-c3cn[nH]c3)cnc(Nc3ccc(OCCN4CCOCC4)cc3)c2n1. The van der Waals surface area contributed by atoms with E-state index < -0.39 is 0 Å². The Balaban J connectivity index is 1.24. The number of hydrogen-bond acceptors (Lipinski definition) is 7. The highest BCUT2D eigenvalue weighted by Gasteiger charge is 2.12. The Morgan fingerprint density at radius 2 is 1.97 bits per heavy atom. The molecule has 0 amide bonds. The van der Waals surface area contributed by atoms with E-state index >= 15 is 0 Å². The Kier molecular flexibility index (Phi) is 5.28. The highest BCUT2D eigenvalue weighted by atomic mass is 16.5. The van der Waals surface area contributed by atoms with Crippen LogP contribution in [0.3, 0.4) is 0 Å². The molecule has 0 saturated carbocycles. The maximum Gasteiger partial charge on any atom is 0.180 e. The van der Waals surface area contributed by atoms with E-state index in [1.54, 1.807) is 12.4 Å². The molecule has 2 N–H and O–H groups in total. The van der Waals surface area contributed by atoms with Gasteiger partial charge < -0.3 is 14.8 Å². The number of rotatable bonds is 7. The fourth-order valence-corrected chi connectivity index (χ4v) is 3.50. The van der Waals surface area contributed by atoms with Gasteiger partial charge in [0.05, 0.1) is 31.3 Å². The lowest BCUT2D eigenvalue weighted by Gasteiger charge is -2.26. The molecule has 4 aromatic rings. The normalized spacial score (nSPS) is 14.8. The zero-order chi connectivity index (χ0) is 20.2. The first kappa shape index (κ1) is 18.6. The van der Waals surface area contributed by atoms with Crippen molar-refractivity contribution in [2.75, 3.05) is 44.8 Å². The number of aromatic amines is 1. The number of benzene rings is 1. The zero-order valence-corrected chi connectivity index (χ0v) is 16.5. The molecular weight excluding hydrogens is 382 g/mol. The van der Waals surface area contributed by atoms with E-state index in [9.17, 15) is 0 Å². The van der Waals surface area contributed by atoms with Crippen LogP contribution in [0.1, 0.15) is 0 Å². The number of ether oxygens (including phenoxy) is 2. The summed E-state index contributed by atoms with van der Waals surface area (Å²) < 4.78 is 13.2. The molecule has 0 unspecified atom stereocenters. The van der Waals surface area contributed by atoms with Crippen molar-refractivity contribution < 1.29 is 9.47 Å². The van der Waals surface area contributed by atoms with Gasteiger partial charge in [0, 0.05) is 49.5 Å². The molecule has 0 atom stereocenters. The number of H-pyrrole nitrogens is 1. The lowest BCUT2D eigenvalue weighted by atomic mass is 10.2. The third-order valence-electron chi connectivity index (χ3n) is 5.12. The van der Waals surface area contributed by atoms with E-state index in [1.807, 2.05) is 47.3 Å². The lowest BCUT2D eigenvalue weighted by Crippen LogP contribution is -2.38. The molecule has 9 nitrogen and oxygen atoms in total. The number of fused-ring (bicyclic) bond motifs is 1. The molecule has 1 aliphatic heterocycles. The van der Waals surface area contributed by atoms with Crippen LogP contribution < -0.4 is 10.1 Å². The highest BCUT2D eigenvalue weighted by molar-refractivity contribution is 5.73. The first-order chi connectivity index (χ1) is 14.9. The van der Waals surface area contributed by atoms with Crippen LogP contribution in [0.5, 0.6) is 5.75 Å². The fraction of sp³-hybridized carbons (Fsp3) is 0.286. The number of imidazole rings is 1. The van der Waals surface area contributed by atoms with Crippen LogP contribution in [0.4, 0.5) is 11.5 Å². The van der Waals surface area contributed by atoms with E-state index in [-0.39, 0.29) is 0 Å². The van der Waals surface area contributed by atoms with Crippen molar-refractivity contribution in [3.05, 3.63) is 55.2 Å². The van der Waals surface area contributed by atoms with Crippen LogP contribution >= 0.6 is 0 Å². The van der Waals surface area contributed by atoms with E-state index in [2.05, 4.69) is 30.4 Å². The average Bonchev–Trinajstić information content (AvgIpc) is 3.49. The van der Waals surface area contributed by atoms with Crippen molar-refractivity contribution in [1.82, 2.24) is 29.5 Å². The van der Waals surface area contributed by atoms with Crippen molar-refractivity contribution in [2.45, 2.75) is 0 Å². The monoisotopic (exact) mass is 405 g/mol. The standard InChI is InChI=1S/C21H23N7O2/c1-3-18(30-12-9-27-7-10-29-11-8-27)4-2-17(1)26-20-21-22-5-6-28(21)19(15-23-20)16-13-24-25-14-16/h1-6,13-15H,7-12H2,(H,23,26)(H,24,25). The number of anilines is 2. The molecule has 4 heterocycles. The topological polar surface area (TPSA) is 92.6 Å². The lowest BCUT2D eigenvalue weighted by molar-refractivity contribution is 0.0322. The average molecular weight is 405 g/mol. The van der Waals surface area contributed by atoms with Gasteiger partial charge in [0.1, 0.15) is 12.4 Å². The number of nitrogens with zero attached hydrogens (tertiary/aromatic N) is 5. The van der Waals surface area contributed by atoms with Gasteiger partial charge in [0.2, 0.25) is 0 Å². The molecule has 1 saturated heterocycles. The van der Waals surface area contributed by atoms with Crippen molar-refractivity contribution in [1.29, 1.82) is 0 Å². The van der Waals surface area contributed by atoms with Crippen LogP contribution in [0.25, 0.3) is 16.9 Å². The summed E-state index contributed by atoms with van der Waals surface area (Å²) in [5.41, 5.74) is 3.55. The van der Waals surface area contributed by atoms with Crippen molar-refractivity contribution in [3.8, 4) is 17.0 Å². The predicted molar refractivity (Wildman–Crippen MR) is 113 cm³/mol. The smallest absolute Gasteiger partial charge is 0.180 e. The van der Waals surface area contributed by atoms with Gasteiger partial charge in [-0.15, -0.1) is 0 Å². The first-order valence-corrected chi connectivity index (χ1v) is 9.98. The second-order valence-corrected chi connectivity index (χ2v) is 7.05. The summed E-state index contributed by atoms with van der Waals surface area (Å²) in [4.78, 5) is 11.4. The van der Waals surface area contributed by atoms with Gasteiger partial charge in [0.25, 0.3) is 0 Å². The summed E-state index contributed by atoms with van der Waals surface area (Å²) in [5, 5.41) is 10.2. The Bertz CT molecular complexity index is 1090. The minimum absolute atomic E-state index is 0.665. The maximum absolute atomic E-state index is 5.88. The predicted octanol–water partition coefficient (Wildman–Crippen LogP) is 2.57. The molecule has 1 fully saturated rings. The summed E-state index contributed by atoms with van der Waals surface area (Å²) >= 11 is 0. The van der Waals surface area contributed by atoms with Crippen molar-refractivity contribution >= 4 is 17.2 Å². The molecule has 0 bridgehead atoms. The highest BCUT2D eigenvalue weighted by Crippen LogP contribution is 2.25. The van der Waals surface area contributed by atoms with Crippen LogP contribution in [0, 0.1) is 0 Å². The molecule has 1 aromatic carbocycles. The fourth-order valence-electron chi connectivity index (χ4n) is 3.50. The van der Waals surface area contributed by atoms with E-state index in [1.165, 1.54) is 0 Å². The molecule has 5 rings (SSSR count). The molecule has 0 radical (unpaired) electrons. The summed E-state index contributed by atoms with van der Waals surface area (Å²) in [5.74, 6) is 1.54. The van der Waals surface area contributed by atoms with Gasteiger partial charge in [-0.3, -0.25) is 14.4 Å². The number of morpholine rings is 1. The molecule has 154 valence electrons. The van der Waals surface area contributed by atoms with Crippen LogP contribution in [0.15, 0.2) is 55.2 Å². The molecule has 0 spiro atoms. The Labute approximate surface area is 173 Å². The van der Waals surface area contributed by atoms with Gasteiger partial charge in [0.15, 0.2) is 11.5 Å². The van der Waals surface area contributed by atoms with E-state index in [4.69, 9.17) is 9.47 Å². The minimum atomic E-state index is 0.665. The van der Waals surface area contributed by atoms with Gasteiger partial charge in [-0.1, -0.05) is 0 Å². The van der Waals surface area contributed by atoms with Crippen molar-refractivity contribution in [2.24, 2.45) is 0 Å². The van der Waals surface area contributed by atoms with Gasteiger partial charge in [-0.2, -0.15) is 5.10 Å². The van der Waals surface area contributed by atoms with E-state index in [0.717, 1.165) is 61.2 Å². The second kappa shape index (κ2) is 8.52. The molecular formula is C21H23N7O2. The molecule has 3 aromatic heterocycles. The Morgan fingerprint density at radius 1 is 1.10 bits per heavy atom. The Hall–Kier alpha value is -3.43. The zero-order valence-electron chi connectivity index (χ0n) is 16.5. The molecule has 1 aliphatic rings. The molecule has 9 heteroatoms. The Morgan fingerprint density at radius 3 is 2.77 bits per heavy atom. The van der Waals surface area contributed by atoms with Crippen LogP contribution in [-0.2, 0) is 4.74 Å². The summed E-state index contributed by atoms with van der Waals surface area (Å²) in [6.07, 6.45) is 9.08. The summed E-state index contributed by atoms with van der Waals surface area (Å²) in [6.45, 7) is 5.14. The van der Waals surface area contributed by atoms with Crippen molar-refractivity contribution in [3.63, 3.8) is 0 Å². The summed E-state index contributed by atoms with van der Waals surface area (Å²) in [7, 11) is 0. The number of hydrogen-bond donors (Lipinski definition) is 2. The number of aromatic nitrogens is 5. The van der Waals surface area contributed by atoms with E-state index in [0.29, 0.717) is 12.4 Å². The third kappa shape index (κ3) is 3.98. The van der Waals surface area contributed by atoms with Gasteiger partial charge >= 0.3 is 0 Å². The maximum atomic E-state index is 5.88. The molecule has 30 heavy (non-hydrogen) atoms. The first-order valence-electron chi connectivity index (χ1n) is 9.98. The summed E-state index contributed by atoms with van der Waals surface area (Å²) in [6, 6.07) is 7.89. The van der Waals surface area contributed by atoms with Crippen LogP contribution in [0.2, 0.25) is 0 Å². The van der Waals surface area contributed by atoms with Gasteiger partial charge in [-0.25, -0.2) is 9.97 Å². The third-order valence-corrected chi connectivity index (χ3v) is 5.12. The van der Waals surface area contributed by atoms with Crippen LogP contribution in [-0.4, -0.2) is 68.9 Å². The number of nitrogens with one attached hydrogen (secondary N) is 2. The molecule has 0 aliphatic carbocycles. The minimum Gasteiger partial charge on any atom is -0.492 e.